The van der Waals surface area contributed by atoms with E-state index in [1.807, 2.05) is 0 Å². The first kappa shape index (κ1) is 22.0. The molecular weight excluding hydrogens is 425 g/mol. The van der Waals surface area contributed by atoms with E-state index in [1.54, 1.807) is 17.9 Å². The third kappa shape index (κ3) is 4.70. The number of anilines is 1. The summed E-state index contributed by atoms with van der Waals surface area (Å²) in [6, 6.07) is 6.41. The van der Waals surface area contributed by atoms with Crippen LogP contribution in [0, 0.1) is 6.92 Å². The van der Waals surface area contributed by atoms with Crippen LogP contribution in [0.5, 0.6) is 0 Å². The number of rotatable bonds is 5. The zero-order valence-corrected chi connectivity index (χ0v) is 16.7. The number of benzene rings is 1. The van der Waals surface area contributed by atoms with Crippen LogP contribution in [-0.2, 0) is 27.4 Å². The number of carboxylic acids is 1. The number of aryl methyl sites for hydroxylation is 1. The molecule has 0 atom stereocenters. The van der Waals surface area contributed by atoms with Crippen molar-refractivity contribution in [3.05, 3.63) is 47.2 Å². The molecule has 3 rings (SSSR count). The Labute approximate surface area is 171 Å². The average Bonchev–Trinajstić information content (AvgIpc) is 2.69. The van der Waals surface area contributed by atoms with Crippen LogP contribution in [0.25, 0.3) is 0 Å². The molecule has 1 N–H and O–H groups in total. The van der Waals surface area contributed by atoms with Gasteiger partial charge in [-0.3, -0.25) is 4.79 Å². The minimum Gasteiger partial charge on any atom is -0.481 e. The summed E-state index contributed by atoms with van der Waals surface area (Å²) in [4.78, 5) is 12.7. The smallest absolute Gasteiger partial charge is 0.435 e. The number of sulfonamides is 1. The Hall–Kier alpha value is -2.73. The minimum atomic E-state index is -4.58. The molecule has 8 nitrogen and oxygen atoms in total. The van der Waals surface area contributed by atoms with E-state index in [9.17, 15) is 26.4 Å². The van der Waals surface area contributed by atoms with Gasteiger partial charge in [-0.2, -0.15) is 17.5 Å². The summed E-state index contributed by atoms with van der Waals surface area (Å²) < 4.78 is 65.0. The molecule has 0 saturated carbocycles. The zero-order valence-electron chi connectivity index (χ0n) is 15.9. The first-order valence-electron chi connectivity index (χ1n) is 8.96. The van der Waals surface area contributed by atoms with Crippen molar-refractivity contribution in [2.24, 2.45) is 0 Å². The fraction of sp³-hybridized carbons (Fsp3) is 0.389. The fourth-order valence-corrected chi connectivity index (χ4v) is 4.59. The number of aromatic nitrogens is 2. The topological polar surface area (TPSA) is 104 Å². The number of carbonyl (C=O) groups is 1. The summed E-state index contributed by atoms with van der Waals surface area (Å²) >= 11 is 0. The van der Waals surface area contributed by atoms with Gasteiger partial charge in [0.1, 0.15) is 0 Å². The lowest BCUT2D eigenvalue weighted by Gasteiger charge is -2.34. The van der Waals surface area contributed by atoms with E-state index in [4.69, 9.17) is 5.11 Å². The van der Waals surface area contributed by atoms with Crippen LogP contribution in [0.4, 0.5) is 19.0 Å². The number of nitrogens with zero attached hydrogens (tertiary/aromatic N) is 4. The highest BCUT2D eigenvalue weighted by molar-refractivity contribution is 7.89. The van der Waals surface area contributed by atoms with Gasteiger partial charge in [0.05, 0.1) is 11.3 Å². The van der Waals surface area contributed by atoms with Crippen LogP contribution >= 0.6 is 0 Å². The second-order valence-electron chi connectivity index (χ2n) is 6.82. The van der Waals surface area contributed by atoms with Gasteiger partial charge in [-0.05, 0) is 42.3 Å². The Morgan fingerprint density at radius 1 is 1.10 bits per heavy atom. The van der Waals surface area contributed by atoms with E-state index in [-0.39, 0.29) is 43.3 Å². The normalized spacial score (nSPS) is 15.9. The number of alkyl halides is 3. The van der Waals surface area contributed by atoms with Gasteiger partial charge in [0.25, 0.3) is 0 Å². The monoisotopic (exact) mass is 444 g/mol. The van der Waals surface area contributed by atoms with Crippen molar-refractivity contribution in [3.8, 4) is 0 Å². The molecule has 1 saturated heterocycles. The molecule has 0 unspecified atom stereocenters. The second-order valence-corrected chi connectivity index (χ2v) is 8.76. The van der Waals surface area contributed by atoms with E-state index in [2.05, 4.69) is 10.2 Å². The molecule has 0 aliphatic carbocycles. The molecule has 0 spiro atoms. The molecular formula is C18H19F3N4O4S. The third-order valence-electron chi connectivity index (χ3n) is 4.80. The third-order valence-corrected chi connectivity index (χ3v) is 6.70. The highest BCUT2D eigenvalue weighted by Gasteiger charge is 2.34. The SMILES string of the molecule is Cc1ccc(S(=O)(=O)N2CCN(c3ccc(C(F)(F)F)nn3)CC2)cc1CC(=O)O. The van der Waals surface area contributed by atoms with Gasteiger partial charge in [-0.15, -0.1) is 10.2 Å². The molecule has 0 bridgehead atoms. The Bertz CT molecular complexity index is 1030. The number of carboxylic acid groups (broad SMARTS) is 1. The number of piperazine rings is 1. The van der Waals surface area contributed by atoms with Crippen LogP contribution in [-0.4, -0.2) is 60.2 Å². The van der Waals surface area contributed by atoms with Crippen molar-refractivity contribution >= 4 is 21.8 Å². The summed E-state index contributed by atoms with van der Waals surface area (Å²) in [6.07, 6.45) is -4.86. The Morgan fingerprint density at radius 2 is 1.77 bits per heavy atom. The molecule has 12 heteroatoms. The van der Waals surface area contributed by atoms with Crippen LogP contribution < -0.4 is 4.90 Å². The Balaban J connectivity index is 1.72. The molecule has 1 fully saturated rings. The molecule has 162 valence electrons. The van der Waals surface area contributed by atoms with Crippen molar-refractivity contribution in [1.29, 1.82) is 0 Å². The number of hydrogen-bond acceptors (Lipinski definition) is 6. The van der Waals surface area contributed by atoms with Gasteiger partial charge in [0, 0.05) is 26.2 Å². The zero-order chi connectivity index (χ0) is 22.1. The van der Waals surface area contributed by atoms with E-state index >= 15 is 0 Å². The average molecular weight is 444 g/mol. The standard InChI is InChI=1S/C18H19F3N4O4S/c1-12-2-3-14(10-13(12)11-17(26)27)30(28,29)25-8-6-24(7-9-25)16-5-4-15(22-23-16)18(19,20)21/h2-5,10H,6-9,11H2,1H3,(H,26,27). The fourth-order valence-electron chi connectivity index (χ4n) is 3.11. The van der Waals surface area contributed by atoms with Crippen LogP contribution in [0.3, 0.4) is 0 Å². The minimum absolute atomic E-state index is 0.00659. The molecule has 0 amide bonds. The predicted octanol–water partition coefficient (Wildman–Crippen LogP) is 1.94. The Morgan fingerprint density at radius 3 is 2.30 bits per heavy atom. The number of hydrogen-bond donors (Lipinski definition) is 1. The van der Waals surface area contributed by atoms with Crippen molar-refractivity contribution in [3.63, 3.8) is 0 Å². The molecule has 2 aromatic rings. The van der Waals surface area contributed by atoms with Gasteiger partial charge in [0.15, 0.2) is 11.5 Å². The molecule has 2 heterocycles. The Kier molecular flexibility index (Phi) is 5.99. The van der Waals surface area contributed by atoms with Gasteiger partial charge in [-0.25, -0.2) is 8.42 Å². The highest BCUT2D eigenvalue weighted by Crippen LogP contribution is 2.28. The van der Waals surface area contributed by atoms with E-state index in [0.29, 0.717) is 11.1 Å². The predicted molar refractivity (Wildman–Crippen MR) is 101 cm³/mol. The van der Waals surface area contributed by atoms with E-state index < -0.39 is 27.9 Å². The summed E-state index contributed by atoms with van der Waals surface area (Å²) in [5.41, 5.74) is 0.00767. The van der Waals surface area contributed by atoms with Crippen LogP contribution in [0.2, 0.25) is 0 Å². The maximum absolute atomic E-state index is 12.9. The number of aliphatic carboxylic acids is 1. The van der Waals surface area contributed by atoms with Crippen molar-refractivity contribution in [2.75, 3.05) is 31.1 Å². The van der Waals surface area contributed by atoms with Gasteiger partial charge >= 0.3 is 12.1 Å². The molecule has 0 radical (unpaired) electrons. The lowest BCUT2D eigenvalue weighted by molar-refractivity contribution is -0.141. The maximum Gasteiger partial charge on any atom is 0.435 e. The van der Waals surface area contributed by atoms with Gasteiger partial charge < -0.3 is 10.0 Å². The van der Waals surface area contributed by atoms with Gasteiger partial charge in [-0.1, -0.05) is 6.07 Å². The highest BCUT2D eigenvalue weighted by atomic mass is 32.2. The van der Waals surface area contributed by atoms with Gasteiger partial charge in [0.2, 0.25) is 10.0 Å². The van der Waals surface area contributed by atoms with Crippen molar-refractivity contribution < 1.29 is 31.5 Å². The van der Waals surface area contributed by atoms with Crippen LogP contribution in [0.1, 0.15) is 16.8 Å². The lowest BCUT2D eigenvalue weighted by atomic mass is 10.1. The molecule has 1 aromatic carbocycles. The molecule has 1 aliphatic rings. The summed E-state index contributed by atoms with van der Waals surface area (Å²) in [5.74, 6) is -0.821. The molecule has 1 aromatic heterocycles. The van der Waals surface area contributed by atoms with E-state index in [1.165, 1.54) is 22.5 Å². The largest absolute Gasteiger partial charge is 0.481 e. The van der Waals surface area contributed by atoms with Crippen molar-refractivity contribution in [2.45, 2.75) is 24.4 Å². The number of halogens is 3. The molecule has 30 heavy (non-hydrogen) atoms. The van der Waals surface area contributed by atoms with Crippen LogP contribution in [0.15, 0.2) is 35.2 Å². The quantitative estimate of drug-likeness (QED) is 0.752. The summed E-state index contributed by atoms with van der Waals surface area (Å²) in [7, 11) is -3.84. The first-order valence-corrected chi connectivity index (χ1v) is 10.4. The maximum atomic E-state index is 12.9. The van der Waals surface area contributed by atoms with E-state index in [0.717, 1.165) is 6.07 Å². The summed E-state index contributed by atoms with van der Waals surface area (Å²) in [5, 5.41) is 15.8. The summed E-state index contributed by atoms with van der Waals surface area (Å²) in [6.45, 7) is 2.37. The molecule has 1 aliphatic heterocycles. The lowest BCUT2D eigenvalue weighted by Crippen LogP contribution is -2.49. The second kappa shape index (κ2) is 8.19. The first-order chi connectivity index (χ1) is 14.0. The van der Waals surface area contributed by atoms with Crippen molar-refractivity contribution in [1.82, 2.24) is 14.5 Å².